The smallest absolute Gasteiger partial charge is 0.256 e. The number of hydrogen-bond donors (Lipinski definition) is 1. The highest BCUT2D eigenvalue weighted by Crippen LogP contribution is 2.41. The van der Waals surface area contributed by atoms with Crippen molar-refractivity contribution in [1.82, 2.24) is 4.98 Å². The molecule has 6 heteroatoms. The highest BCUT2D eigenvalue weighted by atomic mass is 16.5. The lowest BCUT2D eigenvalue weighted by molar-refractivity contribution is 0.102. The number of aromatic nitrogens is 1. The van der Waals surface area contributed by atoms with Crippen LogP contribution in [0.15, 0.2) is 66.7 Å². The summed E-state index contributed by atoms with van der Waals surface area (Å²) in [5, 5.41) is 3.80. The molecule has 32 heavy (non-hydrogen) atoms. The summed E-state index contributed by atoms with van der Waals surface area (Å²) in [6.07, 6.45) is 0. The van der Waals surface area contributed by atoms with Gasteiger partial charge in [-0.2, -0.15) is 0 Å². The second kappa shape index (κ2) is 8.98. The molecule has 0 fully saturated rings. The van der Waals surface area contributed by atoms with E-state index in [1.165, 1.54) is 0 Å². The summed E-state index contributed by atoms with van der Waals surface area (Å²) in [5.74, 6) is 1.33. The Labute approximate surface area is 186 Å². The molecule has 1 heterocycles. The van der Waals surface area contributed by atoms with Crippen LogP contribution in [0.2, 0.25) is 0 Å². The van der Waals surface area contributed by atoms with Crippen molar-refractivity contribution < 1.29 is 19.0 Å². The third-order valence-electron chi connectivity index (χ3n) is 5.31. The number of carbonyl (C=O) groups excluding carboxylic acids is 1. The van der Waals surface area contributed by atoms with Crippen molar-refractivity contribution in [3.05, 3.63) is 77.9 Å². The maximum Gasteiger partial charge on any atom is 0.256 e. The van der Waals surface area contributed by atoms with E-state index in [1.807, 2.05) is 67.6 Å². The van der Waals surface area contributed by atoms with Gasteiger partial charge in [-0.15, -0.1) is 0 Å². The lowest BCUT2D eigenvalue weighted by atomic mass is 10.0. The maximum absolute atomic E-state index is 13.3. The molecule has 1 amide bonds. The molecule has 0 aliphatic rings. The molecule has 0 saturated carbocycles. The van der Waals surface area contributed by atoms with Crippen molar-refractivity contribution in [1.29, 1.82) is 0 Å². The first-order chi connectivity index (χ1) is 15.5. The molecule has 0 radical (unpaired) electrons. The molecule has 3 aromatic carbocycles. The number of pyridine rings is 1. The number of benzene rings is 3. The molecule has 162 valence electrons. The molecule has 0 atom stereocenters. The van der Waals surface area contributed by atoms with Gasteiger partial charge in [-0.3, -0.25) is 4.79 Å². The number of ether oxygens (including phenoxy) is 3. The average Bonchev–Trinajstić information content (AvgIpc) is 2.83. The van der Waals surface area contributed by atoms with E-state index in [1.54, 1.807) is 27.4 Å². The second-order valence-electron chi connectivity index (χ2n) is 7.26. The molecule has 1 N–H and O–H groups in total. The minimum Gasteiger partial charge on any atom is -0.493 e. The Hall–Kier alpha value is -4.06. The molecule has 0 unspecified atom stereocenters. The predicted molar refractivity (Wildman–Crippen MR) is 126 cm³/mol. The van der Waals surface area contributed by atoms with Gasteiger partial charge in [-0.1, -0.05) is 36.4 Å². The summed E-state index contributed by atoms with van der Waals surface area (Å²) in [7, 11) is 4.69. The molecule has 0 aliphatic heterocycles. The Kier molecular flexibility index (Phi) is 5.94. The van der Waals surface area contributed by atoms with Crippen molar-refractivity contribution in [2.45, 2.75) is 6.92 Å². The molecular formula is C26H24N2O4. The number of amides is 1. The molecule has 0 aliphatic carbocycles. The van der Waals surface area contributed by atoms with E-state index in [9.17, 15) is 4.79 Å². The Balaban J connectivity index is 1.86. The number of anilines is 1. The SMILES string of the molecule is COc1cc(-c2cc(C(=O)Nc3ccccc3C)c3ccccc3n2)cc(OC)c1OC. The van der Waals surface area contributed by atoms with Gasteiger partial charge < -0.3 is 19.5 Å². The van der Waals surface area contributed by atoms with Crippen LogP contribution >= 0.6 is 0 Å². The number of nitrogens with one attached hydrogen (secondary N) is 1. The van der Waals surface area contributed by atoms with Gasteiger partial charge in [0.05, 0.1) is 38.1 Å². The van der Waals surface area contributed by atoms with E-state index in [-0.39, 0.29) is 5.91 Å². The van der Waals surface area contributed by atoms with E-state index in [4.69, 9.17) is 19.2 Å². The number of carbonyl (C=O) groups is 1. The average molecular weight is 428 g/mol. The number of aryl methyl sites for hydroxylation is 1. The highest BCUT2D eigenvalue weighted by Gasteiger charge is 2.18. The van der Waals surface area contributed by atoms with Crippen LogP contribution in [-0.4, -0.2) is 32.2 Å². The molecule has 0 bridgehead atoms. The highest BCUT2D eigenvalue weighted by molar-refractivity contribution is 6.13. The van der Waals surface area contributed by atoms with Crippen molar-refractivity contribution in [3.8, 4) is 28.5 Å². The van der Waals surface area contributed by atoms with Gasteiger partial charge in [-0.05, 0) is 42.8 Å². The van der Waals surface area contributed by atoms with Crippen LogP contribution in [0.5, 0.6) is 17.2 Å². The first-order valence-corrected chi connectivity index (χ1v) is 10.1. The number of methoxy groups -OCH3 is 3. The normalized spacial score (nSPS) is 10.6. The van der Waals surface area contributed by atoms with Gasteiger partial charge in [-0.25, -0.2) is 4.98 Å². The largest absolute Gasteiger partial charge is 0.493 e. The summed E-state index contributed by atoms with van der Waals surface area (Å²) in [6.45, 7) is 1.96. The van der Waals surface area contributed by atoms with Crippen LogP contribution in [0.4, 0.5) is 5.69 Å². The quantitative estimate of drug-likeness (QED) is 0.440. The topological polar surface area (TPSA) is 69.7 Å². The van der Waals surface area contributed by atoms with Crippen molar-refractivity contribution in [2.75, 3.05) is 26.6 Å². The molecule has 4 aromatic rings. The Bertz CT molecular complexity index is 1280. The zero-order chi connectivity index (χ0) is 22.7. The summed E-state index contributed by atoms with van der Waals surface area (Å²) in [5.41, 5.74) is 4.38. The van der Waals surface area contributed by atoms with E-state index in [2.05, 4.69) is 5.32 Å². The van der Waals surface area contributed by atoms with Crippen LogP contribution in [0.25, 0.3) is 22.2 Å². The van der Waals surface area contributed by atoms with Gasteiger partial charge in [0.15, 0.2) is 11.5 Å². The van der Waals surface area contributed by atoms with Gasteiger partial charge >= 0.3 is 0 Å². The standard InChI is InChI=1S/C26H24N2O4/c1-16-9-5-7-11-20(16)28-26(29)19-15-22(27-21-12-8-6-10-18(19)21)17-13-23(30-2)25(32-4)24(14-17)31-3/h5-15H,1-4H3,(H,28,29). The number of para-hydroxylation sites is 2. The van der Waals surface area contributed by atoms with E-state index < -0.39 is 0 Å². The molecule has 0 spiro atoms. The van der Waals surface area contributed by atoms with Crippen molar-refractivity contribution in [2.24, 2.45) is 0 Å². The van der Waals surface area contributed by atoms with E-state index >= 15 is 0 Å². The van der Waals surface area contributed by atoms with E-state index in [0.29, 0.717) is 34.0 Å². The summed E-state index contributed by atoms with van der Waals surface area (Å²) >= 11 is 0. The van der Waals surface area contributed by atoms with Crippen molar-refractivity contribution >= 4 is 22.5 Å². The first kappa shape index (κ1) is 21.2. The molecule has 0 saturated heterocycles. The summed E-state index contributed by atoms with van der Waals surface area (Å²) in [6, 6.07) is 20.7. The van der Waals surface area contributed by atoms with Crippen LogP contribution < -0.4 is 19.5 Å². The summed E-state index contributed by atoms with van der Waals surface area (Å²) in [4.78, 5) is 18.1. The van der Waals surface area contributed by atoms with Gasteiger partial charge in [0.25, 0.3) is 5.91 Å². The number of hydrogen-bond acceptors (Lipinski definition) is 5. The zero-order valence-electron chi connectivity index (χ0n) is 18.4. The monoisotopic (exact) mass is 428 g/mol. The third-order valence-corrected chi connectivity index (χ3v) is 5.31. The maximum atomic E-state index is 13.3. The predicted octanol–water partition coefficient (Wildman–Crippen LogP) is 5.49. The minimum absolute atomic E-state index is 0.202. The Morgan fingerprint density at radius 3 is 2.16 bits per heavy atom. The zero-order valence-corrected chi connectivity index (χ0v) is 18.4. The first-order valence-electron chi connectivity index (χ1n) is 10.1. The fourth-order valence-corrected chi connectivity index (χ4v) is 3.64. The molecule has 6 nitrogen and oxygen atoms in total. The lowest BCUT2D eigenvalue weighted by Crippen LogP contribution is -2.14. The Morgan fingerprint density at radius 2 is 1.50 bits per heavy atom. The minimum atomic E-state index is -0.202. The lowest BCUT2D eigenvalue weighted by Gasteiger charge is -2.15. The fraction of sp³-hybridized carbons (Fsp3) is 0.154. The van der Waals surface area contributed by atoms with E-state index in [0.717, 1.165) is 22.2 Å². The fourth-order valence-electron chi connectivity index (χ4n) is 3.64. The molecule has 1 aromatic heterocycles. The van der Waals surface area contributed by atoms with Gasteiger partial charge in [0, 0.05) is 16.6 Å². The van der Waals surface area contributed by atoms with Crippen LogP contribution in [0, 0.1) is 6.92 Å². The van der Waals surface area contributed by atoms with Gasteiger partial charge in [0.2, 0.25) is 5.75 Å². The molecular weight excluding hydrogens is 404 g/mol. The summed E-state index contributed by atoms with van der Waals surface area (Å²) < 4.78 is 16.4. The number of rotatable bonds is 6. The number of fused-ring (bicyclic) bond motifs is 1. The van der Waals surface area contributed by atoms with Crippen LogP contribution in [-0.2, 0) is 0 Å². The van der Waals surface area contributed by atoms with Gasteiger partial charge in [0.1, 0.15) is 0 Å². The Morgan fingerprint density at radius 1 is 0.844 bits per heavy atom. The number of nitrogens with zero attached hydrogens (tertiary/aromatic N) is 1. The molecule has 4 rings (SSSR count). The third kappa shape index (κ3) is 3.95. The van der Waals surface area contributed by atoms with Crippen LogP contribution in [0.3, 0.4) is 0 Å². The van der Waals surface area contributed by atoms with Crippen molar-refractivity contribution in [3.63, 3.8) is 0 Å². The second-order valence-corrected chi connectivity index (χ2v) is 7.26. The van der Waals surface area contributed by atoms with Crippen LogP contribution in [0.1, 0.15) is 15.9 Å².